The Morgan fingerprint density at radius 1 is 1.56 bits per heavy atom. The summed E-state index contributed by atoms with van der Waals surface area (Å²) in [6.45, 7) is 2.72. The molecule has 3 N–H and O–H groups in total. The van der Waals surface area contributed by atoms with Crippen molar-refractivity contribution < 1.29 is 18.3 Å². The largest absolute Gasteiger partial charge is 0.427 e. The third-order valence-corrected chi connectivity index (χ3v) is 2.34. The number of halogens is 3. The van der Waals surface area contributed by atoms with Crippen molar-refractivity contribution in [2.75, 3.05) is 13.1 Å². The molecule has 0 aromatic heterocycles. The molecule has 0 spiro atoms. The average Bonchev–Trinajstić information content (AvgIpc) is 2.57. The molecule has 0 saturated carbocycles. The molecule has 0 radical (unpaired) electrons. The Bertz CT molecular complexity index is 245. The van der Waals surface area contributed by atoms with Gasteiger partial charge in [-0.15, -0.1) is 0 Å². The van der Waals surface area contributed by atoms with Crippen molar-refractivity contribution in [3.63, 3.8) is 0 Å². The van der Waals surface area contributed by atoms with Crippen LogP contribution in [0.2, 0.25) is 0 Å². The number of nitrogens with zero attached hydrogens (tertiary/aromatic N) is 1. The Kier molecular flexibility index (Phi) is 4.43. The fourth-order valence-electron chi connectivity index (χ4n) is 1.39. The van der Waals surface area contributed by atoms with Crippen LogP contribution in [0.1, 0.15) is 13.3 Å². The minimum atomic E-state index is -4.59. The van der Waals surface area contributed by atoms with E-state index in [1.165, 1.54) is 0 Å². The molecule has 0 aliphatic carbocycles. The first-order chi connectivity index (χ1) is 7.41. The molecule has 1 rings (SSSR count). The molecule has 0 bridgehead atoms. The van der Waals surface area contributed by atoms with E-state index in [1.54, 1.807) is 6.20 Å². The third-order valence-electron chi connectivity index (χ3n) is 2.34. The standard InChI is InChI=1S/C9H16F3N3O/c1-7-13-4-6-15(7)5-2-3-14-8(16)9(10,11)12/h4,6-8,13-14,16H,2-3,5H2,1H3/t7?,8-/m0/s1. The van der Waals surface area contributed by atoms with E-state index in [2.05, 4.69) is 5.32 Å². The normalized spacial score (nSPS) is 22.3. The zero-order valence-electron chi connectivity index (χ0n) is 8.96. The number of aliphatic hydroxyl groups excluding tert-OH is 1. The molecule has 1 aliphatic heterocycles. The van der Waals surface area contributed by atoms with Crippen molar-refractivity contribution in [1.29, 1.82) is 0 Å². The van der Waals surface area contributed by atoms with Gasteiger partial charge in [-0.05, 0) is 19.9 Å². The quantitative estimate of drug-likeness (QED) is 0.485. The minimum Gasteiger partial charge on any atom is -0.370 e. The van der Waals surface area contributed by atoms with Crippen LogP contribution in [-0.2, 0) is 0 Å². The molecule has 0 amide bonds. The highest BCUT2D eigenvalue weighted by molar-refractivity contribution is 4.92. The van der Waals surface area contributed by atoms with Gasteiger partial charge >= 0.3 is 6.18 Å². The van der Waals surface area contributed by atoms with Gasteiger partial charge in [0.05, 0.1) is 6.17 Å². The van der Waals surface area contributed by atoms with Gasteiger partial charge in [-0.1, -0.05) is 0 Å². The van der Waals surface area contributed by atoms with Gasteiger partial charge in [0.1, 0.15) is 0 Å². The van der Waals surface area contributed by atoms with E-state index < -0.39 is 12.4 Å². The summed E-state index contributed by atoms with van der Waals surface area (Å²) >= 11 is 0. The van der Waals surface area contributed by atoms with Crippen LogP contribution in [0.3, 0.4) is 0 Å². The van der Waals surface area contributed by atoms with E-state index in [1.807, 2.05) is 23.3 Å². The summed E-state index contributed by atoms with van der Waals surface area (Å²) in [6, 6.07) is 0. The van der Waals surface area contributed by atoms with E-state index >= 15 is 0 Å². The van der Waals surface area contributed by atoms with Crippen molar-refractivity contribution in [3.8, 4) is 0 Å². The Morgan fingerprint density at radius 2 is 2.25 bits per heavy atom. The van der Waals surface area contributed by atoms with Gasteiger partial charge in [-0.25, -0.2) is 0 Å². The van der Waals surface area contributed by atoms with E-state index in [-0.39, 0.29) is 12.7 Å². The third kappa shape index (κ3) is 3.90. The zero-order chi connectivity index (χ0) is 12.2. The molecule has 16 heavy (non-hydrogen) atoms. The van der Waals surface area contributed by atoms with Crippen LogP contribution in [0.25, 0.3) is 0 Å². The van der Waals surface area contributed by atoms with Crippen LogP contribution in [0.5, 0.6) is 0 Å². The highest BCUT2D eigenvalue weighted by atomic mass is 19.4. The molecule has 2 atom stereocenters. The highest BCUT2D eigenvalue weighted by Gasteiger charge is 2.37. The maximum absolute atomic E-state index is 11.9. The molecule has 7 heteroatoms. The molecule has 0 aromatic rings. The number of rotatable bonds is 5. The second kappa shape index (κ2) is 5.40. The molecule has 0 fully saturated rings. The van der Waals surface area contributed by atoms with Crippen molar-refractivity contribution in [2.24, 2.45) is 0 Å². The molecule has 94 valence electrons. The van der Waals surface area contributed by atoms with E-state index in [9.17, 15) is 13.2 Å². The Balaban J connectivity index is 2.10. The van der Waals surface area contributed by atoms with Crippen LogP contribution in [-0.4, -0.2) is 41.7 Å². The lowest BCUT2D eigenvalue weighted by molar-refractivity contribution is -0.213. The van der Waals surface area contributed by atoms with E-state index in [0.29, 0.717) is 13.0 Å². The topological polar surface area (TPSA) is 47.5 Å². The Labute approximate surface area is 92.1 Å². The maximum Gasteiger partial charge on any atom is 0.427 e. The zero-order valence-corrected chi connectivity index (χ0v) is 8.96. The molecular weight excluding hydrogens is 223 g/mol. The summed E-state index contributed by atoms with van der Waals surface area (Å²) in [6.07, 6.45) is -2.68. The lowest BCUT2D eigenvalue weighted by Gasteiger charge is -2.22. The molecular formula is C9H16F3N3O. The van der Waals surface area contributed by atoms with Crippen molar-refractivity contribution in [2.45, 2.75) is 31.9 Å². The lowest BCUT2D eigenvalue weighted by Crippen LogP contribution is -2.43. The second-order valence-electron chi connectivity index (χ2n) is 3.65. The highest BCUT2D eigenvalue weighted by Crippen LogP contribution is 2.17. The van der Waals surface area contributed by atoms with Crippen molar-refractivity contribution in [3.05, 3.63) is 12.4 Å². The molecule has 0 aromatic carbocycles. The maximum atomic E-state index is 11.9. The summed E-state index contributed by atoms with van der Waals surface area (Å²) < 4.78 is 35.7. The first-order valence-electron chi connectivity index (χ1n) is 5.08. The minimum absolute atomic E-state index is 0.123. The van der Waals surface area contributed by atoms with Crippen molar-refractivity contribution in [1.82, 2.24) is 15.5 Å². The summed E-state index contributed by atoms with van der Waals surface area (Å²) in [7, 11) is 0. The SMILES string of the molecule is CC1NC=CN1CCCN[C@@H](O)C(F)(F)F. The average molecular weight is 239 g/mol. The molecule has 4 nitrogen and oxygen atoms in total. The van der Waals surface area contributed by atoms with Crippen LogP contribution in [0, 0.1) is 0 Å². The number of hydrogen-bond acceptors (Lipinski definition) is 4. The van der Waals surface area contributed by atoms with E-state index in [0.717, 1.165) is 0 Å². The van der Waals surface area contributed by atoms with Gasteiger partial charge < -0.3 is 15.3 Å². The molecule has 0 saturated heterocycles. The number of hydrogen-bond donors (Lipinski definition) is 3. The van der Waals surface area contributed by atoms with Crippen LogP contribution >= 0.6 is 0 Å². The van der Waals surface area contributed by atoms with Gasteiger partial charge in [0, 0.05) is 18.9 Å². The monoisotopic (exact) mass is 239 g/mol. The Morgan fingerprint density at radius 3 is 2.75 bits per heavy atom. The van der Waals surface area contributed by atoms with Crippen LogP contribution < -0.4 is 10.6 Å². The first kappa shape index (κ1) is 13.1. The molecule has 1 unspecified atom stereocenters. The Hall–Kier alpha value is -0.950. The number of aliphatic hydroxyl groups is 1. The predicted octanol–water partition coefficient (Wildman–Crippen LogP) is 0.569. The van der Waals surface area contributed by atoms with E-state index in [4.69, 9.17) is 5.11 Å². The second-order valence-corrected chi connectivity index (χ2v) is 3.65. The predicted molar refractivity (Wildman–Crippen MR) is 53.1 cm³/mol. The fraction of sp³-hybridized carbons (Fsp3) is 0.778. The first-order valence-corrected chi connectivity index (χ1v) is 5.08. The fourth-order valence-corrected chi connectivity index (χ4v) is 1.39. The summed E-state index contributed by atoms with van der Waals surface area (Å²) in [5.74, 6) is 0. The van der Waals surface area contributed by atoms with Gasteiger partial charge in [0.25, 0.3) is 0 Å². The lowest BCUT2D eigenvalue weighted by atomic mass is 10.3. The number of alkyl halides is 3. The smallest absolute Gasteiger partial charge is 0.370 e. The van der Waals surface area contributed by atoms with Crippen molar-refractivity contribution >= 4 is 0 Å². The number of nitrogens with one attached hydrogen (secondary N) is 2. The summed E-state index contributed by atoms with van der Waals surface area (Å²) in [5.41, 5.74) is 0. The molecule has 1 aliphatic rings. The van der Waals surface area contributed by atoms with Gasteiger partial charge in [0.2, 0.25) is 6.23 Å². The summed E-state index contributed by atoms with van der Waals surface area (Å²) in [4.78, 5) is 1.97. The van der Waals surface area contributed by atoms with Crippen LogP contribution in [0.4, 0.5) is 13.2 Å². The van der Waals surface area contributed by atoms with Crippen LogP contribution in [0.15, 0.2) is 12.4 Å². The molecule has 1 heterocycles. The summed E-state index contributed by atoms with van der Waals surface area (Å²) in [5, 5.41) is 13.7. The van der Waals surface area contributed by atoms with Gasteiger partial charge in [-0.2, -0.15) is 13.2 Å². The van der Waals surface area contributed by atoms with Gasteiger partial charge in [-0.3, -0.25) is 5.32 Å². The van der Waals surface area contributed by atoms with Gasteiger partial charge in [0.15, 0.2) is 0 Å².